The fourth-order valence-corrected chi connectivity index (χ4v) is 2.41. The highest BCUT2D eigenvalue weighted by Crippen LogP contribution is 2.21. The number of fused-ring (bicyclic) bond motifs is 1. The Morgan fingerprint density at radius 2 is 1.81 bits per heavy atom. The van der Waals surface area contributed by atoms with Crippen molar-refractivity contribution < 1.29 is 4.79 Å². The Kier molecular flexibility index (Phi) is 3.73. The lowest BCUT2D eigenvalue weighted by atomic mass is 10.1. The molecule has 2 N–H and O–H groups in total. The summed E-state index contributed by atoms with van der Waals surface area (Å²) in [5.74, 6) is -0.161. The average molecular weight is 278 g/mol. The molecule has 1 amide bonds. The number of carbonyl (C=O) groups excluding carboxylic acids is 1. The van der Waals surface area contributed by atoms with E-state index in [1.807, 2.05) is 67.6 Å². The highest BCUT2D eigenvalue weighted by Gasteiger charge is 2.16. The van der Waals surface area contributed by atoms with Crippen molar-refractivity contribution in [3.63, 3.8) is 0 Å². The number of benzene rings is 2. The van der Waals surface area contributed by atoms with Crippen molar-refractivity contribution >= 4 is 16.8 Å². The fraction of sp³-hybridized carbons (Fsp3) is 0.167. The van der Waals surface area contributed by atoms with Crippen LogP contribution in [-0.2, 0) is 11.3 Å². The predicted molar refractivity (Wildman–Crippen MR) is 85.0 cm³/mol. The van der Waals surface area contributed by atoms with E-state index in [1.54, 1.807) is 0 Å². The molecule has 0 bridgehead atoms. The smallest absolute Gasteiger partial charge is 0.229 e. The summed E-state index contributed by atoms with van der Waals surface area (Å²) in [5.41, 5.74) is 3.12. The maximum absolute atomic E-state index is 12.3. The van der Waals surface area contributed by atoms with Crippen LogP contribution in [0.4, 0.5) is 0 Å². The van der Waals surface area contributed by atoms with Gasteiger partial charge in [0.25, 0.3) is 0 Å². The second-order valence-corrected chi connectivity index (χ2v) is 5.24. The van der Waals surface area contributed by atoms with Gasteiger partial charge in [0.2, 0.25) is 5.91 Å². The van der Waals surface area contributed by atoms with E-state index in [1.165, 1.54) is 0 Å². The lowest BCUT2D eigenvalue weighted by Gasteiger charge is -2.11. The van der Waals surface area contributed by atoms with E-state index in [4.69, 9.17) is 0 Å². The number of amides is 1. The first-order valence-corrected chi connectivity index (χ1v) is 7.13. The van der Waals surface area contributed by atoms with Crippen molar-refractivity contribution in [2.45, 2.75) is 19.4 Å². The minimum Gasteiger partial charge on any atom is -0.358 e. The molecule has 1 unspecified atom stereocenters. The lowest BCUT2D eigenvalue weighted by molar-refractivity contribution is -0.122. The standard InChI is InChI=1S/C18H18N2O/c1-13(17-11-15-9-5-6-10-16(15)20-17)18(21)19-12-14-7-3-2-4-8-14/h2-11,13,20H,12H2,1H3,(H,19,21). The van der Waals surface area contributed by atoms with E-state index in [0.29, 0.717) is 6.54 Å². The summed E-state index contributed by atoms with van der Waals surface area (Å²) >= 11 is 0. The van der Waals surface area contributed by atoms with Crippen LogP contribution in [0.2, 0.25) is 0 Å². The maximum atomic E-state index is 12.3. The summed E-state index contributed by atoms with van der Waals surface area (Å²) in [4.78, 5) is 15.6. The monoisotopic (exact) mass is 278 g/mol. The van der Waals surface area contributed by atoms with Crippen molar-refractivity contribution in [2.24, 2.45) is 0 Å². The molecule has 106 valence electrons. The van der Waals surface area contributed by atoms with Crippen LogP contribution >= 0.6 is 0 Å². The SMILES string of the molecule is CC(C(=O)NCc1ccccc1)c1cc2ccccc2[nH]1. The van der Waals surface area contributed by atoms with Gasteiger partial charge in [0, 0.05) is 17.8 Å². The Bertz CT molecular complexity index is 713. The van der Waals surface area contributed by atoms with Crippen molar-refractivity contribution in [3.05, 3.63) is 71.9 Å². The van der Waals surface area contributed by atoms with Crippen LogP contribution < -0.4 is 5.32 Å². The Hall–Kier alpha value is -2.55. The van der Waals surface area contributed by atoms with E-state index >= 15 is 0 Å². The van der Waals surface area contributed by atoms with Crippen LogP contribution in [0.25, 0.3) is 10.9 Å². The second kappa shape index (κ2) is 5.83. The van der Waals surface area contributed by atoms with Crippen LogP contribution in [0.15, 0.2) is 60.7 Å². The molecular weight excluding hydrogens is 260 g/mol. The van der Waals surface area contributed by atoms with Crippen molar-refractivity contribution in [3.8, 4) is 0 Å². The van der Waals surface area contributed by atoms with E-state index in [9.17, 15) is 4.79 Å². The van der Waals surface area contributed by atoms with Gasteiger partial charge in [-0.05, 0) is 30.0 Å². The largest absolute Gasteiger partial charge is 0.358 e. The van der Waals surface area contributed by atoms with Gasteiger partial charge in [-0.3, -0.25) is 4.79 Å². The average Bonchev–Trinajstić information content (AvgIpc) is 2.97. The molecule has 0 fully saturated rings. The number of aromatic amines is 1. The molecule has 3 aromatic rings. The van der Waals surface area contributed by atoms with Crippen molar-refractivity contribution in [2.75, 3.05) is 0 Å². The van der Waals surface area contributed by atoms with Gasteiger partial charge in [0.1, 0.15) is 0 Å². The molecule has 0 radical (unpaired) electrons. The lowest BCUT2D eigenvalue weighted by Crippen LogP contribution is -2.27. The van der Waals surface area contributed by atoms with E-state index in [0.717, 1.165) is 22.2 Å². The van der Waals surface area contributed by atoms with Gasteiger partial charge in [0.15, 0.2) is 0 Å². The zero-order valence-electron chi connectivity index (χ0n) is 12.0. The summed E-state index contributed by atoms with van der Waals surface area (Å²) in [6, 6.07) is 20.0. The maximum Gasteiger partial charge on any atom is 0.229 e. The molecule has 1 heterocycles. The van der Waals surface area contributed by atoms with Crippen LogP contribution in [0.5, 0.6) is 0 Å². The van der Waals surface area contributed by atoms with Gasteiger partial charge >= 0.3 is 0 Å². The molecule has 3 nitrogen and oxygen atoms in total. The molecule has 0 aliphatic heterocycles. The second-order valence-electron chi connectivity index (χ2n) is 5.24. The molecule has 0 saturated heterocycles. The number of aromatic nitrogens is 1. The molecule has 0 spiro atoms. The van der Waals surface area contributed by atoms with E-state index in [2.05, 4.69) is 10.3 Å². The highest BCUT2D eigenvalue weighted by atomic mass is 16.1. The van der Waals surface area contributed by atoms with Crippen LogP contribution in [-0.4, -0.2) is 10.9 Å². The zero-order valence-corrected chi connectivity index (χ0v) is 12.0. The molecule has 2 aromatic carbocycles. The number of hydrogen-bond donors (Lipinski definition) is 2. The topological polar surface area (TPSA) is 44.9 Å². The van der Waals surface area contributed by atoms with Crippen LogP contribution in [0.3, 0.4) is 0 Å². The molecule has 1 aromatic heterocycles. The van der Waals surface area contributed by atoms with Gasteiger partial charge in [-0.15, -0.1) is 0 Å². The van der Waals surface area contributed by atoms with Gasteiger partial charge in [-0.25, -0.2) is 0 Å². The molecule has 0 aliphatic rings. The van der Waals surface area contributed by atoms with Gasteiger partial charge in [-0.1, -0.05) is 48.5 Å². The molecule has 21 heavy (non-hydrogen) atoms. The number of carbonyl (C=O) groups is 1. The Balaban J connectivity index is 1.69. The predicted octanol–water partition coefficient (Wildman–Crippen LogP) is 3.59. The third kappa shape index (κ3) is 2.97. The van der Waals surface area contributed by atoms with E-state index < -0.39 is 0 Å². The Morgan fingerprint density at radius 3 is 2.57 bits per heavy atom. The molecule has 0 aliphatic carbocycles. The van der Waals surface area contributed by atoms with Crippen molar-refractivity contribution in [1.29, 1.82) is 0 Å². The molecule has 1 atom stereocenters. The van der Waals surface area contributed by atoms with Crippen LogP contribution in [0, 0.1) is 0 Å². The number of para-hydroxylation sites is 1. The minimum atomic E-state index is -0.193. The summed E-state index contributed by atoms with van der Waals surface area (Å²) < 4.78 is 0. The first kappa shape index (κ1) is 13.4. The summed E-state index contributed by atoms with van der Waals surface area (Å²) in [6.45, 7) is 2.48. The third-order valence-corrected chi connectivity index (χ3v) is 3.72. The van der Waals surface area contributed by atoms with Gasteiger partial charge < -0.3 is 10.3 Å². The normalized spacial score (nSPS) is 12.2. The quantitative estimate of drug-likeness (QED) is 0.752. The number of rotatable bonds is 4. The third-order valence-electron chi connectivity index (χ3n) is 3.72. The Labute approximate surface area is 124 Å². The zero-order chi connectivity index (χ0) is 14.7. The fourth-order valence-electron chi connectivity index (χ4n) is 2.41. The van der Waals surface area contributed by atoms with Crippen molar-refractivity contribution in [1.82, 2.24) is 10.3 Å². The molecular formula is C18H18N2O. The Morgan fingerprint density at radius 1 is 1.10 bits per heavy atom. The molecule has 3 rings (SSSR count). The van der Waals surface area contributed by atoms with Gasteiger partial charge in [-0.2, -0.15) is 0 Å². The van der Waals surface area contributed by atoms with E-state index in [-0.39, 0.29) is 11.8 Å². The number of H-pyrrole nitrogens is 1. The number of nitrogens with one attached hydrogen (secondary N) is 2. The van der Waals surface area contributed by atoms with Gasteiger partial charge in [0.05, 0.1) is 5.92 Å². The highest BCUT2D eigenvalue weighted by molar-refractivity contribution is 5.86. The first-order valence-electron chi connectivity index (χ1n) is 7.13. The minimum absolute atomic E-state index is 0.0328. The summed E-state index contributed by atoms with van der Waals surface area (Å²) in [6.07, 6.45) is 0. The molecule has 0 saturated carbocycles. The van der Waals surface area contributed by atoms with Crippen LogP contribution in [0.1, 0.15) is 24.1 Å². The molecule has 3 heteroatoms. The summed E-state index contributed by atoms with van der Waals surface area (Å²) in [7, 11) is 0. The first-order chi connectivity index (χ1) is 10.2. The summed E-state index contributed by atoms with van der Waals surface area (Å²) in [5, 5.41) is 4.12. The number of hydrogen-bond acceptors (Lipinski definition) is 1.